The lowest BCUT2D eigenvalue weighted by Gasteiger charge is -2.17. The first kappa shape index (κ1) is 18.0. The number of carbonyl (C=O) groups excluding carboxylic acids is 2. The molecule has 3 rings (SSSR count). The van der Waals surface area contributed by atoms with Crippen molar-refractivity contribution in [1.82, 2.24) is 4.90 Å². The zero-order chi connectivity index (χ0) is 18.7. The van der Waals surface area contributed by atoms with Crippen LogP contribution in [-0.4, -0.2) is 36.9 Å². The Morgan fingerprint density at radius 1 is 1.19 bits per heavy atom. The van der Waals surface area contributed by atoms with Crippen molar-refractivity contribution >= 4 is 11.8 Å². The van der Waals surface area contributed by atoms with E-state index >= 15 is 0 Å². The average Bonchev–Trinajstić information content (AvgIpc) is 3.09. The molecule has 5 heteroatoms. The standard InChI is InChI=1S/C21H24N2O3/c1-14-10-18(6-7-19(14)26-2)21(25)23-9-8-16(13-23)11-15-4-3-5-17(12-15)20(22)24/h3-7,10,12,16H,8-9,11,13H2,1-2H3,(H2,22,24)/t16-/m1/s1. The molecule has 1 aliphatic heterocycles. The zero-order valence-electron chi connectivity index (χ0n) is 15.2. The van der Waals surface area contributed by atoms with E-state index < -0.39 is 5.91 Å². The van der Waals surface area contributed by atoms with Crippen molar-refractivity contribution in [3.8, 4) is 5.75 Å². The van der Waals surface area contributed by atoms with Crippen molar-refractivity contribution < 1.29 is 14.3 Å². The van der Waals surface area contributed by atoms with Gasteiger partial charge in [0.1, 0.15) is 5.75 Å². The fraction of sp³-hybridized carbons (Fsp3) is 0.333. The number of benzene rings is 2. The Hall–Kier alpha value is -2.82. The summed E-state index contributed by atoms with van der Waals surface area (Å²) in [5, 5.41) is 0. The van der Waals surface area contributed by atoms with Crippen molar-refractivity contribution in [2.45, 2.75) is 19.8 Å². The SMILES string of the molecule is COc1ccc(C(=O)N2CC[C@H](Cc3cccc(C(N)=O)c3)C2)cc1C. The number of nitrogens with zero attached hydrogens (tertiary/aromatic N) is 1. The quantitative estimate of drug-likeness (QED) is 0.899. The van der Waals surface area contributed by atoms with E-state index in [1.165, 1.54) is 0 Å². The van der Waals surface area contributed by atoms with Crippen LogP contribution in [0.2, 0.25) is 0 Å². The maximum absolute atomic E-state index is 12.8. The first-order valence-electron chi connectivity index (χ1n) is 8.80. The van der Waals surface area contributed by atoms with Gasteiger partial charge in [0.2, 0.25) is 5.91 Å². The summed E-state index contributed by atoms with van der Waals surface area (Å²) >= 11 is 0. The molecule has 2 N–H and O–H groups in total. The van der Waals surface area contributed by atoms with Crippen LogP contribution in [0.4, 0.5) is 0 Å². The molecule has 1 saturated heterocycles. The van der Waals surface area contributed by atoms with Gasteiger partial charge in [-0.25, -0.2) is 0 Å². The fourth-order valence-corrected chi connectivity index (χ4v) is 3.56. The molecule has 26 heavy (non-hydrogen) atoms. The zero-order valence-corrected chi connectivity index (χ0v) is 15.2. The molecule has 1 heterocycles. The Morgan fingerprint density at radius 3 is 2.69 bits per heavy atom. The molecule has 1 aliphatic rings. The number of amides is 2. The van der Waals surface area contributed by atoms with Gasteiger partial charge in [-0.1, -0.05) is 12.1 Å². The van der Waals surface area contributed by atoms with Gasteiger partial charge in [-0.2, -0.15) is 0 Å². The molecule has 0 aliphatic carbocycles. The number of nitrogens with two attached hydrogens (primary N) is 1. The van der Waals surface area contributed by atoms with Crippen molar-refractivity contribution in [3.05, 3.63) is 64.7 Å². The Balaban J connectivity index is 1.65. The molecule has 0 bridgehead atoms. The van der Waals surface area contributed by atoms with Crippen molar-refractivity contribution in [3.63, 3.8) is 0 Å². The van der Waals surface area contributed by atoms with Crippen LogP contribution < -0.4 is 10.5 Å². The van der Waals surface area contributed by atoms with E-state index in [1.54, 1.807) is 13.2 Å². The van der Waals surface area contributed by atoms with E-state index in [-0.39, 0.29) is 5.91 Å². The van der Waals surface area contributed by atoms with Crippen LogP contribution in [0.5, 0.6) is 5.75 Å². The van der Waals surface area contributed by atoms with Gasteiger partial charge >= 0.3 is 0 Å². The monoisotopic (exact) mass is 352 g/mol. The van der Waals surface area contributed by atoms with E-state index in [4.69, 9.17) is 10.5 Å². The minimum absolute atomic E-state index is 0.0594. The molecule has 1 atom stereocenters. The van der Waals surface area contributed by atoms with E-state index in [2.05, 4.69) is 0 Å². The third-order valence-corrected chi connectivity index (χ3v) is 4.95. The second kappa shape index (κ2) is 7.60. The van der Waals surface area contributed by atoms with Crippen LogP contribution in [0, 0.1) is 12.8 Å². The van der Waals surface area contributed by atoms with Gasteiger partial charge < -0.3 is 15.4 Å². The second-order valence-electron chi connectivity index (χ2n) is 6.86. The number of ether oxygens (including phenoxy) is 1. The van der Waals surface area contributed by atoms with Gasteiger partial charge in [0.15, 0.2) is 0 Å². The van der Waals surface area contributed by atoms with Crippen molar-refractivity contribution in [2.75, 3.05) is 20.2 Å². The van der Waals surface area contributed by atoms with Gasteiger partial charge in [-0.3, -0.25) is 9.59 Å². The Morgan fingerprint density at radius 2 is 2.00 bits per heavy atom. The highest BCUT2D eigenvalue weighted by Crippen LogP contribution is 2.25. The third kappa shape index (κ3) is 3.87. The molecule has 0 aromatic heterocycles. The number of aryl methyl sites for hydroxylation is 1. The molecule has 0 unspecified atom stereocenters. The van der Waals surface area contributed by atoms with Gasteiger partial charge in [0, 0.05) is 24.2 Å². The number of likely N-dealkylation sites (tertiary alicyclic amines) is 1. The number of primary amides is 1. The third-order valence-electron chi connectivity index (χ3n) is 4.95. The summed E-state index contributed by atoms with van der Waals surface area (Å²) in [6.45, 7) is 3.42. The topological polar surface area (TPSA) is 72.6 Å². The largest absolute Gasteiger partial charge is 0.496 e. The number of hydrogen-bond donors (Lipinski definition) is 1. The van der Waals surface area contributed by atoms with E-state index in [9.17, 15) is 9.59 Å². The van der Waals surface area contributed by atoms with Crippen LogP contribution in [0.25, 0.3) is 0 Å². The first-order valence-corrected chi connectivity index (χ1v) is 8.80. The molecule has 136 valence electrons. The lowest BCUT2D eigenvalue weighted by Crippen LogP contribution is -2.29. The minimum Gasteiger partial charge on any atom is -0.496 e. The lowest BCUT2D eigenvalue weighted by molar-refractivity contribution is 0.0786. The van der Waals surface area contributed by atoms with Crippen LogP contribution in [-0.2, 0) is 6.42 Å². The van der Waals surface area contributed by atoms with E-state index in [0.717, 1.165) is 42.8 Å². The van der Waals surface area contributed by atoms with Crippen molar-refractivity contribution in [2.24, 2.45) is 11.7 Å². The summed E-state index contributed by atoms with van der Waals surface area (Å²) in [5.74, 6) is 0.825. The Labute approximate surface area is 153 Å². The summed E-state index contributed by atoms with van der Waals surface area (Å²) in [4.78, 5) is 26.0. The maximum atomic E-state index is 12.8. The molecule has 5 nitrogen and oxygen atoms in total. The highest BCUT2D eigenvalue weighted by molar-refractivity contribution is 5.95. The summed E-state index contributed by atoms with van der Waals surface area (Å²) in [7, 11) is 1.63. The summed E-state index contributed by atoms with van der Waals surface area (Å²) in [5.41, 5.74) is 8.61. The molecule has 2 aromatic rings. The number of rotatable bonds is 5. The Kier molecular flexibility index (Phi) is 5.26. The minimum atomic E-state index is -0.412. The summed E-state index contributed by atoms with van der Waals surface area (Å²) in [6.07, 6.45) is 1.80. The van der Waals surface area contributed by atoms with Crippen LogP contribution in [0.3, 0.4) is 0 Å². The van der Waals surface area contributed by atoms with Crippen LogP contribution >= 0.6 is 0 Å². The smallest absolute Gasteiger partial charge is 0.253 e. The van der Waals surface area contributed by atoms with Crippen molar-refractivity contribution in [1.29, 1.82) is 0 Å². The lowest BCUT2D eigenvalue weighted by atomic mass is 9.97. The van der Waals surface area contributed by atoms with Gasteiger partial charge in [-0.05, 0) is 67.1 Å². The van der Waals surface area contributed by atoms with Crippen LogP contribution in [0.1, 0.15) is 38.3 Å². The van der Waals surface area contributed by atoms with Gasteiger partial charge in [0.05, 0.1) is 7.11 Å². The second-order valence-corrected chi connectivity index (χ2v) is 6.86. The first-order chi connectivity index (χ1) is 12.5. The fourth-order valence-electron chi connectivity index (χ4n) is 3.56. The van der Waals surface area contributed by atoms with E-state index in [1.807, 2.05) is 48.2 Å². The van der Waals surface area contributed by atoms with Crippen LogP contribution in [0.15, 0.2) is 42.5 Å². The van der Waals surface area contributed by atoms with Gasteiger partial charge in [-0.15, -0.1) is 0 Å². The molecule has 0 saturated carbocycles. The summed E-state index contributed by atoms with van der Waals surface area (Å²) in [6, 6.07) is 13.0. The molecule has 1 fully saturated rings. The predicted octanol–water partition coefficient (Wildman–Crippen LogP) is 2.81. The summed E-state index contributed by atoms with van der Waals surface area (Å²) < 4.78 is 5.26. The number of hydrogen-bond acceptors (Lipinski definition) is 3. The molecular formula is C21H24N2O3. The number of carbonyl (C=O) groups is 2. The predicted molar refractivity (Wildman–Crippen MR) is 100 cm³/mol. The molecule has 0 radical (unpaired) electrons. The Bertz CT molecular complexity index is 832. The number of methoxy groups -OCH3 is 1. The normalized spacial score (nSPS) is 16.5. The highest BCUT2D eigenvalue weighted by Gasteiger charge is 2.27. The van der Waals surface area contributed by atoms with Gasteiger partial charge in [0.25, 0.3) is 5.91 Å². The molecule has 0 spiro atoms. The molecular weight excluding hydrogens is 328 g/mol. The average molecular weight is 352 g/mol. The molecule has 2 aromatic carbocycles. The molecule has 2 amide bonds. The highest BCUT2D eigenvalue weighted by atomic mass is 16.5. The van der Waals surface area contributed by atoms with E-state index in [0.29, 0.717) is 17.0 Å². The maximum Gasteiger partial charge on any atom is 0.253 e.